The SMILES string of the molecule is CCCNC(C)c1cccc(SCc2cncc(F)c2)c1. The van der Waals surface area contributed by atoms with E-state index in [1.807, 2.05) is 0 Å². The second-order valence-corrected chi connectivity index (χ2v) is 6.10. The number of pyridine rings is 1. The highest BCUT2D eigenvalue weighted by Gasteiger charge is 2.05. The first-order chi connectivity index (χ1) is 10.2. The molecule has 4 heteroatoms. The molecule has 1 aromatic heterocycles. The second-order valence-electron chi connectivity index (χ2n) is 5.05. The van der Waals surface area contributed by atoms with Crippen molar-refractivity contribution in [3.8, 4) is 0 Å². The largest absolute Gasteiger partial charge is 0.310 e. The van der Waals surface area contributed by atoms with Gasteiger partial charge in [-0.25, -0.2) is 4.39 Å². The Hall–Kier alpha value is -1.39. The van der Waals surface area contributed by atoms with Gasteiger partial charge < -0.3 is 5.32 Å². The second kappa shape index (κ2) is 8.15. The topological polar surface area (TPSA) is 24.9 Å². The van der Waals surface area contributed by atoms with Crippen LogP contribution in [0.2, 0.25) is 0 Å². The number of hydrogen-bond donors (Lipinski definition) is 1. The minimum Gasteiger partial charge on any atom is -0.310 e. The van der Waals surface area contributed by atoms with E-state index < -0.39 is 0 Å². The molecule has 2 rings (SSSR count). The third-order valence-corrected chi connectivity index (χ3v) is 4.29. The average Bonchev–Trinajstić information content (AvgIpc) is 2.51. The first-order valence-corrected chi connectivity index (χ1v) is 8.23. The van der Waals surface area contributed by atoms with Crippen molar-refractivity contribution in [3.05, 3.63) is 59.7 Å². The molecule has 1 atom stereocenters. The van der Waals surface area contributed by atoms with E-state index in [9.17, 15) is 4.39 Å². The smallest absolute Gasteiger partial charge is 0.141 e. The first kappa shape index (κ1) is 16.0. The highest BCUT2D eigenvalue weighted by molar-refractivity contribution is 7.98. The van der Waals surface area contributed by atoms with E-state index in [0.717, 1.165) is 24.3 Å². The van der Waals surface area contributed by atoms with Gasteiger partial charge in [0.05, 0.1) is 6.20 Å². The lowest BCUT2D eigenvalue weighted by atomic mass is 10.1. The fourth-order valence-corrected chi connectivity index (χ4v) is 2.94. The van der Waals surface area contributed by atoms with Crippen LogP contribution in [0.25, 0.3) is 0 Å². The quantitative estimate of drug-likeness (QED) is 0.758. The number of benzene rings is 1. The Balaban J connectivity index is 1.97. The van der Waals surface area contributed by atoms with Crippen molar-refractivity contribution in [2.75, 3.05) is 6.54 Å². The van der Waals surface area contributed by atoms with Crippen molar-refractivity contribution < 1.29 is 4.39 Å². The summed E-state index contributed by atoms with van der Waals surface area (Å²) < 4.78 is 13.1. The van der Waals surface area contributed by atoms with Crippen LogP contribution in [0.4, 0.5) is 4.39 Å². The third kappa shape index (κ3) is 5.14. The van der Waals surface area contributed by atoms with Crippen molar-refractivity contribution in [2.24, 2.45) is 0 Å². The lowest BCUT2D eigenvalue weighted by Gasteiger charge is -2.14. The van der Waals surface area contributed by atoms with Crippen LogP contribution in [0.15, 0.2) is 47.6 Å². The van der Waals surface area contributed by atoms with Crippen molar-refractivity contribution in [1.82, 2.24) is 10.3 Å². The summed E-state index contributed by atoms with van der Waals surface area (Å²) in [6.45, 7) is 5.36. The number of thioether (sulfide) groups is 1. The van der Waals surface area contributed by atoms with E-state index in [4.69, 9.17) is 0 Å². The molecule has 0 aliphatic heterocycles. The van der Waals surface area contributed by atoms with Crippen LogP contribution in [0, 0.1) is 5.82 Å². The number of halogens is 1. The Labute approximate surface area is 130 Å². The van der Waals surface area contributed by atoms with Crippen LogP contribution in [-0.2, 0) is 5.75 Å². The zero-order valence-electron chi connectivity index (χ0n) is 12.5. The van der Waals surface area contributed by atoms with E-state index in [1.54, 1.807) is 18.0 Å². The molecule has 1 aromatic carbocycles. The van der Waals surface area contributed by atoms with E-state index in [2.05, 4.69) is 48.4 Å². The maximum Gasteiger partial charge on any atom is 0.141 e. The van der Waals surface area contributed by atoms with Gasteiger partial charge in [-0.1, -0.05) is 19.1 Å². The van der Waals surface area contributed by atoms with Gasteiger partial charge in [-0.05, 0) is 49.2 Å². The van der Waals surface area contributed by atoms with Gasteiger partial charge in [0.2, 0.25) is 0 Å². The van der Waals surface area contributed by atoms with Crippen LogP contribution >= 0.6 is 11.8 Å². The molecule has 1 unspecified atom stereocenters. The summed E-state index contributed by atoms with van der Waals surface area (Å²) in [6, 6.07) is 10.4. The standard InChI is InChI=1S/C17H21FN2S/c1-3-7-20-13(2)15-5-4-6-17(9-15)21-12-14-8-16(18)11-19-10-14/h4-6,8-11,13,20H,3,7,12H2,1-2H3. The number of nitrogens with one attached hydrogen (secondary N) is 1. The lowest BCUT2D eigenvalue weighted by molar-refractivity contribution is 0.570. The molecule has 21 heavy (non-hydrogen) atoms. The summed E-state index contributed by atoms with van der Waals surface area (Å²) in [4.78, 5) is 5.07. The van der Waals surface area contributed by atoms with E-state index in [1.165, 1.54) is 22.7 Å². The molecule has 0 amide bonds. The third-order valence-electron chi connectivity index (χ3n) is 3.23. The minimum absolute atomic E-state index is 0.278. The predicted molar refractivity (Wildman–Crippen MR) is 86.9 cm³/mol. The number of rotatable bonds is 7. The number of hydrogen-bond acceptors (Lipinski definition) is 3. The molecule has 0 bridgehead atoms. The van der Waals surface area contributed by atoms with Crippen LogP contribution in [-0.4, -0.2) is 11.5 Å². The highest BCUT2D eigenvalue weighted by atomic mass is 32.2. The molecule has 0 saturated heterocycles. The van der Waals surface area contributed by atoms with Crippen LogP contribution < -0.4 is 5.32 Å². The fraction of sp³-hybridized carbons (Fsp3) is 0.353. The lowest BCUT2D eigenvalue weighted by Crippen LogP contribution is -2.19. The minimum atomic E-state index is -0.278. The molecule has 2 aromatic rings. The normalized spacial score (nSPS) is 12.3. The summed E-state index contributed by atoms with van der Waals surface area (Å²) in [5.74, 6) is 0.449. The summed E-state index contributed by atoms with van der Waals surface area (Å²) in [6.07, 6.45) is 4.08. The molecule has 0 radical (unpaired) electrons. The molecule has 0 spiro atoms. The van der Waals surface area contributed by atoms with Crippen molar-refractivity contribution in [1.29, 1.82) is 0 Å². The van der Waals surface area contributed by atoms with Crippen LogP contribution in [0.1, 0.15) is 37.4 Å². The molecule has 2 nitrogen and oxygen atoms in total. The Morgan fingerprint density at radius 2 is 2.14 bits per heavy atom. The van der Waals surface area contributed by atoms with Crippen molar-refractivity contribution >= 4 is 11.8 Å². The molecular weight excluding hydrogens is 283 g/mol. The maximum absolute atomic E-state index is 13.1. The van der Waals surface area contributed by atoms with Gasteiger partial charge in [-0.3, -0.25) is 4.98 Å². The Morgan fingerprint density at radius 3 is 2.90 bits per heavy atom. The van der Waals surface area contributed by atoms with Gasteiger partial charge >= 0.3 is 0 Å². The molecule has 0 aliphatic rings. The Morgan fingerprint density at radius 1 is 1.29 bits per heavy atom. The predicted octanol–water partition coefficient (Wildman–Crippen LogP) is 4.57. The fourth-order valence-electron chi connectivity index (χ4n) is 2.05. The molecule has 0 saturated carbocycles. The average molecular weight is 304 g/mol. The number of nitrogens with zero attached hydrogens (tertiary/aromatic N) is 1. The van der Waals surface area contributed by atoms with E-state index >= 15 is 0 Å². The van der Waals surface area contributed by atoms with E-state index in [0.29, 0.717) is 6.04 Å². The molecule has 1 N–H and O–H groups in total. The molecule has 0 aliphatic carbocycles. The molecule has 1 heterocycles. The van der Waals surface area contributed by atoms with Gasteiger partial charge in [-0.2, -0.15) is 0 Å². The van der Waals surface area contributed by atoms with Gasteiger partial charge in [0, 0.05) is 22.9 Å². The van der Waals surface area contributed by atoms with Crippen molar-refractivity contribution in [3.63, 3.8) is 0 Å². The first-order valence-electron chi connectivity index (χ1n) is 7.24. The van der Waals surface area contributed by atoms with Gasteiger partial charge in [0.15, 0.2) is 0 Å². The molecule has 0 fully saturated rings. The molecule has 112 valence electrons. The van der Waals surface area contributed by atoms with Crippen molar-refractivity contribution in [2.45, 2.75) is 37.0 Å². The summed E-state index contributed by atoms with van der Waals surface area (Å²) in [5.41, 5.74) is 2.19. The van der Waals surface area contributed by atoms with Gasteiger partial charge in [0.1, 0.15) is 5.82 Å². The Kier molecular flexibility index (Phi) is 6.21. The van der Waals surface area contributed by atoms with Crippen LogP contribution in [0.5, 0.6) is 0 Å². The molecular formula is C17H21FN2S. The Bertz CT molecular complexity index is 574. The zero-order valence-corrected chi connectivity index (χ0v) is 13.3. The summed E-state index contributed by atoms with van der Waals surface area (Å²) in [5, 5.41) is 3.49. The van der Waals surface area contributed by atoms with Gasteiger partial charge in [0.25, 0.3) is 0 Å². The monoisotopic (exact) mass is 304 g/mol. The van der Waals surface area contributed by atoms with Crippen LogP contribution in [0.3, 0.4) is 0 Å². The maximum atomic E-state index is 13.1. The van der Waals surface area contributed by atoms with E-state index in [-0.39, 0.29) is 5.82 Å². The van der Waals surface area contributed by atoms with Gasteiger partial charge in [-0.15, -0.1) is 11.8 Å². The highest BCUT2D eigenvalue weighted by Crippen LogP contribution is 2.25. The summed E-state index contributed by atoms with van der Waals surface area (Å²) in [7, 11) is 0. The zero-order chi connectivity index (χ0) is 15.1. The number of aromatic nitrogens is 1. The summed E-state index contributed by atoms with van der Waals surface area (Å²) >= 11 is 1.70.